The molecule has 0 saturated heterocycles. The molecule has 0 bridgehead atoms. The van der Waals surface area contributed by atoms with Crippen molar-refractivity contribution in [2.75, 3.05) is 5.32 Å². The van der Waals surface area contributed by atoms with E-state index in [0.717, 1.165) is 11.1 Å². The van der Waals surface area contributed by atoms with Crippen LogP contribution in [0.25, 0.3) is 0 Å². The Balaban J connectivity index is 1.63. The minimum Gasteiger partial charge on any atom is -0.481 e. The summed E-state index contributed by atoms with van der Waals surface area (Å²) in [6.45, 7) is 4.00. The van der Waals surface area contributed by atoms with E-state index in [-0.39, 0.29) is 11.8 Å². The molecule has 6 nitrogen and oxygen atoms in total. The van der Waals surface area contributed by atoms with Gasteiger partial charge in [-0.2, -0.15) is 0 Å². The largest absolute Gasteiger partial charge is 0.481 e. The summed E-state index contributed by atoms with van der Waals surface area (Å²) in [5.74, 6) is -0.00399. The molecule has 0 unspecified atom stereocenters. The van der Waals surface area contributed by atoms with Crippen molar-refractivity contribution in [3.8, 4) is 5.75 Å². The fraction of sp³-hybridized carbons (Fsp3) is 0.174. The summed E-state index contributed by atoms with van der Waals surface area (Å²) in [4.78, 5) is 29.2. The lowest BCUT2D eigenvalue weighted by Gasteiger charge is -2.16. The lowest BCUT2D eigenvalue weighted by atomic mass is 10.1. The van der Waals surface area contributed by atoms with Gasteiger partial charge in [-0.05, 0) is 49.7 Å². The van der Waals surface area contributed by atoms with E-state index >= 15 is 0 Å². The van der Waals surface area contributed by atoms with Gasteiger partial charge in [-0.15, -0.1) is 0 Å². The van der Waals surface area contributed by atoms with Crippen LogP contribution in [-0.2, 0) is 11.3 Å². The molecule has 1 aromatic heterocycles. The van der Waals surface area contributed by atoms with E-state index in [0.29, 0.717) is 23.5 Å². The molecule has 2 aromatic carbocycles. The number of benzene rings is 2. The Morgan fingerprint density at radius 1 is 1.03 bits per heavy atom. The first-order valence-corrected chi connectivity index (χ1v) is 9.33. The van der Waals surface area contributed by atoms with Crippen LogP contribution in [0.1, 0.15) is 28.4 Å². The number of ether oxygens (including phenoxy) is 1. The molecule has 29 heavy (non-hydrogen) atoms. The zero-order valence-electron chi connectivity index (χ0n) is 16.4. The van der Waals surface area contributed by atoms with E-state index in [1.54, 1.807) is 43.6 Å². The second-order valence-electron chi connectivity index (χ2n) is 6.65. The Morgan fingerprint density at radius 2 is 1.79 bits per heavy atom. The molecule has 0 aliphatic carbocycles. The average Bonchev–Trinajstić information content (AvgIpc) is 2.74. The van der Waals surface area contributed by atoms with Crippen LogP contribution >= 0.6 is 0 Å². The van der Waals surface area contributed by atoms with Gasteiger partial charge in [-0.3, -0.25) is 14.6 Å². The summed E-state index contributed by atoms with van der Waals surface area (Å²) in [5.41, 5.74) is 2.82. The van der Waals surface area contributed by atoms with Crippen LogP contribution in [0.15, 0.2) is 73.1 Å². The summed E-state index contributed by atoms with van der Waals surface area (Å²) in [5, 5.41) is 5.63. The van der Waals surface area contributed by atoms with Gasteiger partial charge in [0.15, 0.2) is 6.10 Å². The van der Waals surface area contributed by atoms with Crippen molar-refractivity contribution in [2.24, 2.45) is 0 Å². The first kappa shape index (κ1) is 20.1. The van der Waals surface area contributed by atoms with Crippen molar-refractivity contribution in [2.45, 2.75) is 26.5 Å². The average molecular weight is 389 g/mol. The molecule has 2 N–H and O–H groups in total. The van der Waals surface area contributed by atoms with Crippen LogP contribution in [0.5, 0.6) is 5.75 Å². The molecule has 1 atom stereocenters. The number of hydrogen-bond donors (Lipinski definition) is 2. The Hall–Kier alpha value is -3.67. The summed E-state index contributed by atoms with van der Waals surface area (Å²) in [6, 6.07) is 18.0. The number of hydrogen-bond acceptors (Lipinski definition) is 4. The highest BCUT2D eigenvalue weighted by atomic mass is 16.5. The third-order valence-corrected chi connectivity index (χ3v) is 4.31. The zero-order chi connectivity index (χ0) is 20.6. The van der Waals surface area contributed by atoms with E-state index in [2.05, 4.69) is 15.6 Å². The maximum atomic E-state index is 12.6. The van der Waals surface area contributed by atoms with Gasteiger partial charge in [0.05, 0.1) is 11.3 Å². The van der Waals surface area contributed by atoms with Crippen molar-refractivity contribution in [3.63, 3.8) is 0 Å². The second-order valence-corrected chi connectivity index (χ2v) is 6.65. The lowest BCUT2D eigenvalue weighted by molar-refractivity contribution is -0.122. The first-order valence-electron chi connectivity index (χ1n) is 9.33. The van der Waals surface area contributed by atoms with E-state index in [9.17, 15) is 9.59 Å². The molecule has 0 fully saturated rings. The number of aryl methyl sites for hydroxylation is 1. The number of nitrogens with one attached hydrogen (secondary N) is 2. The monoisotopic (exact) mass is 389 g/mol. The molecular formula is C23H23N3O3. The SMILES string of the molecule is Cc1ccc(O[C@H](C)C(=O)Nc2ccccc2C(=O)NCc2cccnc2)cc1. The molecule has 1 heterocycles. The smallest absolute Gasteiger partial charge is 0.265 e. The van der Waals surface area contributed by atoms with Crippen molar-refractivity contribution in [3.05, 3.63) is 89.7 Å². The van der Waals surface area contributed by atoms with Crippen LogP contribution in [0.4, 0.5) is 5.69 Å². The van der Waals surface area contributed by atoms with Crippen LogP contribution in [0.2, 0.25) is 0 Å². The molecule has 3 aromatic rings. The number of rotatable bonds is 7. The van der Waals surface area contributed by atoms with Gasteiger partial charge < -0.3 is 15.4 Å². The van der Waals surface area contributed by atoms with Crippen LogP contribution in [0.3, 0.4) is 0 Å². The number of amides is 2. The summed E-state index contributed by atoms with van der Waals surface area (Å²) >= 11 is 0. The van der Waals surface area contributed by atoms with Gasteiger partial charge in [0, 0.05) is 18.9 Å². The van der Waals surface area contributed by atoms with E-state index < -0.39 is 6.10 Å². The summed E-state index contributed by atoms with van der Waals surface area (Å²) < 4.78 is 5.69. The standard InChI is InChI=1S/C23H23N3O3/c1-16-9-11-19(12-10-16)29-17(2)22(27)26-21-8-4-3-7-20(21)23(28)25-15-18-6-5-13-24-14-18/h3-14,17H,15H2,1-2H3,(H,25,28)(H,26,27)/t17-/m1/s1. The molecule has 6 heteroatoms. The Kier molecular flexibility index (Phi) is 6.58. The third kappa shape index (κ3) is 5.65. The maximum Gasteiger partial charge on any atom is 0.265 e. The number of aromatic nitrogens is 1. The summed E-state index contributed by atoms with van der Waals surface area (Å²) in [7, 11) is 0. The predicted molar refractivity (Wildman–Crippen MR) is 112 cm³/mol. The van der Waals surface area contributed by atoms with E-state index in [4.69, 9.17) is 4.74 Å². The maximum absolute atomic E-state index is 12.6. The van der Waals surface area contributed by atoms with Gasteiger partial charge in [-0.25, -0.2) is 0 Å². The number of carbonyl (C=O) groups is 2. The molecular weight excluding hydrogens is 366 g/mol. The molecule has 0 aliphatic rings. The highest BCUT2D eigenvalue weighted by Crippen LogP contribution is 2.17. The number of pyridine rings is 1. The van der Waals surface area contributed by atoms with E-state index in [1.807, 2.05) is 43.3 Å². The van der Waals surface area contributed by atoms with Gasteiger partial charge >= 0.3 is 0 Å². The molecule has 0 spiro atoms. The zero-order valence-corrected chi connectivity index (χ0v) is 16.4. The number of nitrogens with zero attached hydrogens (tertiary/aromatic N) is 1. The third-order valence-electron chi connectivity index (χ3n) is 4.31. The molecule has 0 aliphatic heterocycles. The van der Waals surface area contributed by atoms with Crippen molar-refractivity contribution in [1.29, 1.82) is 0 Å². The van der Waals surface area contributed by atoms with E-state index in [1.165, 1.54) is 0 Å². The topological polar surface area (TPSA) is 80.3 Å². The number of carbonyl (C=O) groups excluding carboxylic acids is 2. The lowest BCUT2D eigenvalue weighted by Crippen LogP contribution is -2.31. The van der Waals surface area contributed by atoms with Crippen molar-refractivity contribution >= 4 is 17.5 Å². The normalized spacial score (nSPS) is 11.4. The van der Waals surface area contributed by atoms with Gasteiger partial charge in [0.1, 0.15) is 5.75 Å². The van der Waals surface area contributed by atoms with Gasteiger partial charge in [0.2, 0.25) is 0 Å². The summed E-state index contributed by atoms with van der Waals surface area (Å²) in [6.07, 6.45) is 2.65. The van der Waals surface area contributed by atoms with Crippen molar-refractivity contribution < 1.29 is 14.3 Å². The minimum absolute atomic E-state index is 0.281. The van der Waals surface area contributed by atoms with Gasteiger partial charge in [-0.1, -0.05) is 35.9 Å². The number of para-hydroxylation sites is 1. The predicted octanol–water partition coefficient (Wildman–Crippen LogP) is 3.73. The fourth-order valence-corrected chi connectivity index (χ4v) is 2.68. The second kappa shape index (κ2) is 9.50. The number of anilines is 1. The molecule has 0 radical (unpaired) electrons. The molecule has 3 rings (SSSR count). The molecule has 148 valence electrons. The van der Waals surface area contributed by atoms with Crippen LogP contribution in [0, 0.1) is 6.92 Å². The van der Waals surface area contributed by atoms with Crippen LogP contribution in [-0.4, -0.2) is 22.9 Å². The minimum atomic E-state index is -0.718. The Morgan fingerprint density at radius 3 is 2.52 bits per heavy atom. The highest BCUT2D eigenvalue weighted by Gasteiger charge is 2.18. The van der Waals surface area contributed by atoms with Crippen molar-refractivity contribution in [1.82, 2.24) is 10.3 Å². The molecule has 2 amide bonds. The highest BCUT2D eigenvalue weighted by molar-refractivity contribution is 6.04. The Labute approximate surface area is 169 Å². The fourth-order valence-electron chi connectivity index (χ4n) is 2.68. The Bertz CT molecular complexity index is 972. The van der Waals surface area contributed by atoms with Gasteiger partial charge in [0.25, 0.3) is 11.8 Å². The molecule has 0 saturated carbocycles. The quantitative estimate of drug-likeness (QED) is 0.645. The first-order chi connectivity index (χ1) is 14.0. The van der Waals surface area contributed by atoms with Crippen LogP contribution < -0.4 is 15.4 Å².